The van der Waals surface area contributed by atoms with Crippen molar-refractivity contribution < 1.29 is 23.1 Å². The molecule has 0 bridgehead atoms. The Bertz CT molecular complexity index is 665. The molecule has 8 heteroatoms. The van der Waals surface area contributed by atoms with Gasteiger partial charge in [-0.2, -0.15) is 18.3 Å². The predicted octanol–water partition coefficient (Wildman–Crippen LogP) is 1.74. The Morgan fingerprint density at radius 1 is 1.38 bits per heavy atom. The number of rotatable bonds is 3. The highest BCUT2D eigenvalue weighted by Crippen LogP contribution is 2.34. The van der Waals surface area contributed by atoms with E-state index in [-0.39, 0.29) is 16.9 Å². The molecule has 0 saturated heterocycles. The van der Waals surface area contributed by atoms with Crippen LogP contribution in [-0.4, -0.2) is 27.8 Å². The highest BCUT2D eigenvalue weighted by molar-refractivity contribution is 5.91. The molecule has 1 aromatic carbocycles. The van der Waals surface area contributed by atoms with Gasteiger partial charge in [-0.15, -0.1) is 0 Å². The number of nitrogens with zero attached hydrogens (tertiary/aromatic N) is 2. The van der Waals surface area contributed by atoms with Crippen molar-refractivity contribution in [3.8, 4) is 5.69 Å². The van der Waals surface area contributed by atoms with Crippen LogP contribution < -0.4 is 5.32 Å². The topological polar surface area (TPSA) is 67.2 Å². The van der Waals surface area contributed by atoms with E-state index in [1.165, 1.54) is 31.4 Å². The maximum Gasteiger partial charge on any atom is 0.418 e. The van der Waals surface area contributed by atoms with E-state index in [4.69, 9.17) is 5.11 Å². The molecule has 0 atom stereocenters. The van der Waals surface area contributed by atoms with Crippen molar-refractivity contribution in [2.24, 2.45) is 0 Å². The van der Waals surface area contributed by atoms with Gasteiger partial charge in [0.2, 0.25) is 0 Å². The molecule has 0 radical (unpaired) electrons. The molecule has 0 fully saturated rings. The molecule has 5 nitrogen and oxygen atoms in total. The second-order valence-corrected chi connectivity index (χ2v) is 4.23. The first-order valence-corrected chi connectivity index (χ1v) is 5.96. The molecule has 1 amide bonds. The molecule has 0 aliphatic rings. The lowest BCUT2D eigenvalue weighted by atomic mass is 10.1. The van der Waals surface area contributed by atoms with Crippen LogP contribution in [0.1, 0.15) is 21.6 Å². The van der Waals surface area contributed by atoms with E-state index < -0.39 is 24.3 Å². The minimum Gasteiger partial charge on any atom is -0.392 e. The smallest absolute Gasteiger partial charge is 0.392 e. The number of carbonyl (C=O) groups is 1. The summed E-state index contributed by atoms with van der Waals surface area (Å²) in [7, 11) is 1.40. The Hall–Kier alpha value is -2.35. The summed E-state index contributed by atoms with van der Waals surface area (Å²) in [6.07, 6.45) is -3.33. The number of nitrogens with one attached hydrogen (secondary N) is 1. The first-order valence-electron chi connectivity index (χ1n) is 5.96. The van der Waals surface area contributed by atoms with Crippen LogP contribution in [0.5, 0.6) is 0 Å². The summed E-state index contributed by atoms with van der Waals surface area (Å²) < 4.78 is 40.2. The number of aliphatic hydroxyl groups is 1. The fourth-order valence-electron chi connectivity index (χ4n) is 1.82. The van der Waals surface area contributed by atoms with Crippen LogP contribution >= 0.6 is 0 Å². The third-order valence-electron chi connectivity index (χ3n) is 2.84. The van der Waals surface area contributed by atoms with E-state index in [9.17, 15) is 18.0 Å². The van der Waals surface area contributed by atoms with Crippen molar-refractivity contribution >= 4 is 5.91 Å². The maximum atomic E-state index is 13.1. The fraction of sp³-hybridized carbons (Fsp3) is 0.231. The molecular weight excluding hydrogens is 287 g/mol. The molecule has 0 saturated carbocycles. The first-order chi connectivity index (χ1) is 9.86. The number of aliphatic hydroxyl groups excluding tert-OH is 1. The summed E-state index contributed by atoms with van der Waals surface area (Å²) in [5, 5.41) is 15.1. The molecule has 0 aliphatic heterocycles. The summed E-state index contributed by atoms with van der Waals surface area (Å²) in [6, 6.07) is 4.75. The number of halogens is 3. The lowest BCUT2D eigenvalue weighted by Gasteiger charge is -2.14. The Morgan fingerprint density at radius 3 is 2.67 bits per heavy atom. The second-order valence-electron chi connectivity index (χ2n) is 4.23. The molecule has 1 aromatic heterocycles. The van der Waals surface area contributed by atoms with Gasteiger partial charge in [-0.3, -0.25) is 4.79 Å². The standard InChI is InChI=1S/C13H12F3N3O2/c1-17-12(21)10-4-5-19(18-10)11-3-2-8(7-20)6-9(11)13(14,15)16/h2-6,20H,7H2,1H3,(H,17,21). The zero-order chi connectivity index (χ0) is 15.6. The molecule has 0 unspecified atom stereocenters. The lowest BCUT2D eigenvalue weighted by molar-refractivity contribution is -0.137. The predicted molar refractivity (Wildman–Crippen MR) is 67.9 cm³/mol. The van der Waals surface area contributed by atoms with Gasteiger partial charge in [-0.25, -0.2) is 4.68 Å². The van der Waals surface area contributed by atoms with Gasteiger partial charge in [0.15, 0.2) is 5.69 Å². The summed E-state index contributed by atoms with van der Waals surface area (Å²) in [5.74, 6) is -0.491. The average molecular weight is 299 g/mol. The van der Waals surface area contributed by atoms with Crippen molar-refractivity contribution in [1.29, 1.82) is 0 Å². The monoisotopic (exact) mass is 299 g/mol. The van der Waals surface area contributed by atoms with Crippen LogP contribution in [0.2, 0.25) is 0 Å². The highest BCUT2D eigenvalue weighted by atomic mass is 19.4. The molecule has 2 rings (SSSR count). The molecule has 2 N–H and O–H groups in total. The summed E-state index contributed by atoms with van der Waals surface area (Å²) in [5.41, 5.74) is -0.989. The third kappa shape index (κ3) is 3.05. The van der Waals surface area contributed by atoms with Crippen LogP contribution in [0, 0.1) is 0 Å². The van der Waals surface area contributed by atoms with E-state index in [1.807, 2.05) is 0 Å². The minimum absolute atomic E-state index is 0.0110. The van der Waals surface area contributed by atoms with Crippen molar-refractivity contribution in [3.05, 3.63) is 47.3 Å². The molecule has 21 heavy (non-hydrogen) atoms. The zero-order valence-corrected chi connectivity index (χ0v) is 11.0. The second kappa shape index (κ2) is 5.57. The number of carbonyl (C=O) groups excluding carboxylic acids is 1. The Labute approximate surface area is 118 Å². The molecule has 1 heterocycles. The van der Waals surface area contributed by atoms with Crippen LogP contribution in [0.3, 0.4) is 0 Å². The number of amides is 1. The first kappa shape index (κ1) is 15.0. The Kier molecular flexibility index (Phi) is 3.99. The molecule has 2 aromatic rings. The van der Waals surface area contributed by atoms with Gasteiger partial charge >= 0.3 is 6.18 Å². The molecule has 0 spiro atoms. The highest BCUT2D eigenvalue weighted by Gasteiger charge is 2.34. The summed E-state index contributed by atoms with van der Waals surface area (Å²) in [4.78, 5) is 11.4. The minimum atomic E-state index is -4.60. The fourth-order valence-corrected chi connectivity index (χ4v) is 1.82. The summed E-state index contributed by atoms with van der Waals surface area (Å²) in [6.45, 7) is -0.494. The van der Waals surface area contributed by atoms with Gasteiger partial charge in [0, 0.05) is 13.2 Å². The maximum absolute atomic E-state index is 13.1. The Morgan fingerprint density at radius 2 is 2.10 bits per heavy atom. The number of benzene rings is 1. The number of hydrogen-bond acceptors (Lipinski definition) is 3. The normalized spacial score (nSPS) is 11.5. The zero-order valence-electron chi connectivity index (χ0n) is 11.0. The van der Waals surface area contributed by atoms with Crippen LogP contribution in [0.25, 0.3) is 5.69 Å². The van der Waals surface area contributed by atoms with Gasteiger partial charge in [-0.05, 0) is 23.8 Å². The van der Waals surface area contributed by atoms with E-state index in [1.54, 1.807) is 0 Å². The van der Waals surface area contributed by atoms with Gasteiger partial charge < -0.3 is 10.4 Å². The van der Waals surface area contributed by atoms with Crippen LogP contribution in [-0.2, 0) is 12.8 Å². The summed E-state index contributed by atoms with van der Waals surface area (Å²) >= 11 is 0. The van der Waals surface area contributed by atoms with Crippen LogP contribution in [0.4, 0.5) is 13.2 Å². The van der Waals surface area contributed by atoms with Crippen LogP contribution in [0.15, 0.2) is 30.5 Å². The van der Waals surface area contributed by atoms with Gasteiger partial charge in [0.25, 0.3) is 5.91 Å². The molecule has 0 aliphatic carbocycles. The van der Waals surface area contributed by atoms with E-state index in [2.05, 4.69) is 10.4 Å². The number of alkyl halides is 3. The van der Waals surface area contributed by atoms with Crippen molar-refractivity contribution in [1.82, 2.24) is 15.1 Å². The molecule has 112 valence electrons. The SMILES string of the molecule is CNC(=O)c1ccn(-c2ccc(CO)cc2C(F)(F)F)n1. The average Bonchev–Trinajstić information content (AvgIpc) is 2.94. The largest absolute Gasteiger partial charge is 0.418 e. The third-order valence-corrected chi connectivity index (χ3v) is 2.84. The lowest BCUT2D eigenvalue weighted by Crippen LogP contribution is -2.19. The van der Waals surface area contributed by atoms with E-state index in [0.717, 1.165) is 10.7 Å². The number of aromatic nitrogens is 2. The Balaban J connectivity index is 2.53. The molecular formula is C13H12F3N3O2. The van der Waals surface area contributed by atoms with Gasteiger partial charge in [-0.1, -0.05) is 6.07 Å². The van der Waals surface area contributed by atoms with Crippen molar-refractivity contribution in [2.45, 2.75) is 12.8 Å². The van der Waals surface area contributed by atoms with Gasteiger partial charge in [0.05, 0.1) is 17.9 Å². The number of hydrogen-bond donors (Lipinski definition) is 2. The van der Waals surface area contributed by atoms with E-state index in [0.29, 0.717) is 0 Å². The van der Waals surface area contributed by atoms with Crippen molar-refractivity contribution in [3.63, 3.8) is 0 Å². The van der Waals surface area contributed by atoms with Crippen molar-refractivity contribution in [2.75, 3.05) is 7.05 Å². The van der Waals surface area contributed by atoms with Gasteiger partial charge in [0.1, 0.15) is 0 Å². The van der Waals surface area contributed by atoms with E-state index >= 15 is 0 Å². The quantitative estimate of drug-likeness (QED) is 0.907.